The second kappa shape index (κ2) is 6.74. The molecule has 0 aliphatic heterocycles. The lowest BCUT2D eigenvalue weighted by atomic mass is 10.0. The van der Waals surface area contributed by atoms with Crippen molar-refractivity contribution in [3.05, 3.63) is 0 Å². The highest BCUT2D eigenvalue weighted by molar-refractivity contribution is 7.92. The summed E-state index contributed by atoms with van der Waals surface area (Å²) in [5.41, 5.74) is 0. The number of nitrogens with one attached hydrogen (secondary N) is 1. The second-order valence-corrected chi connectivity index (χ2v) is 8.36. The lowest BCUT2D eigenvalue weighted by Crippen LogP contribution is -2.34. The molecule has 1 aliphatic carbocycles. The lowest BCUT2D eigenvalue weighted by molar-refractivity contribution is 0.457. The fourth-order valence-corrected chi connectivity index (χ4v) is 3.21. The third-order valence-electron chi connectivity index (χ3n) is 3.80. The number of hydrogen-bond acceptors (Lipinski definition) is 3. The molecule has 0 aromatic rings. The predicted octanol–water partition coefficient (Wildman–Crippen LogP) is 2.37. The first-order valence-corrected chi connectivity index (χ1v) is 8.58. The Morgan fingerprint density at radius 3 is 2.53 bits per heavy atom. The number of sulfone groups is 1. The SMILES string of the molecule is CC1CCCC(NCCS(=O)(=O)C(C)C)CC1. The summed E-state index contributed by atoms with van der Waals surface area (Å²) in [7, 11) is -2.88. The summed E-state index contributed by atoms with van der Waals surface area (Å²) in [6.45, 7) is 6.43. The number of rotatable bonds is 5. The third-order valence-corrected chi connectivity index (χ3v) is 6.00. The first kappa shape index (κ1) is 15.0. The molecule has 1 saturated carbocycles. The minimum atomic E-state index is -2.88. The van der Waals surface area contributed by atoms with E-state index < -0.39 is 9.84 Å². The van der Waals surface area contributed by atoms with E-state index >= 15 is 0 Å². The molecule has 4 heteroatoms. The Labute approximate surface area is 106 Å². The van der Waals surface area contributed by atoms with Crippen LogP contribution in [0.4, 0.5) is 0 Å². The summed E-state index contributed by atoms with van der Waals surface area (Å²) in [5.74, 6) is 1.11. The van der Waals surface area contributed by atoms with Crippen molar-refractivity contribution >= 4 is 9.84 Å². The van der Waals surface area contributed by atoms with Crippen LogP contribution < -0.4 is 5.32 Å². The van der Waals surface area contributed by atoms with Crippen molar-refractivity contribution in [2.75, 3.05) is 12.3 Å². The van der Waals surface area contributed by atoms with Gasteiger partial charge in [0.25, 0.3) is 0 Å². The van der Waals surface area contributed by atoms with Crippen molar-refractivity contribution in [1.29, 1.82) is 0 Å². The van der Waals surface area contributed by atoms with Crippen LogP contribution in [0.25, 0.3) is 0 Å². The van der Waals surface area contributed by atoms with Crippen LogP contribution in [-0.4, -0.2) is 32.0 Å². The Bertz CT molecular complexity index is 311. The van der Waals surface area contributed by atoms with Crippen molar-refractivity contribution in [1.82, 2.24) is 5.32 Å². The zero-order chi connectivity index (χ0) is 12.9. The van der Waals surface area contributed by atoms with Crippen LogP contribution in [0.5, 0.6) is 0 Å². The molecule has 0 heterocycles. The lowest BCUT2D eigenvalue weighted by Gasteiger charge is -2.17. The van der Waals surface area contributed by atoms with E-state index in [0.29, 0.717) is 12.6 Å². The molecule has 3 nitrogen and oxygen atoms in total. The van der Waals surface area contributed by atoms with Crippen LogP contribution in [0.1, 0.15) is 52.9 Å². The first-order chi connectivity index (χ1) is 7.92. The molecule has 102 valence electrons. The van der Waals surface area contributed by atoms with E-state index in [1.54, 1.807) is 13.8 Å². The zero-order valence-electron chi connectivity index (χ0n) is 11.4. The highest BCUT2D eigenvalue weighted by Crippen LogP contribution is 2.22. The van der Waals surface area contributed by atoms with Gasteiger partial charge in [-0.25, -0.2) is 8.42 Å². The summed E-state index contributed by atoms with van der Waals surface area (Å²) in [6, 6.07) is 0.530. The molecular weight excluding hydrogens is 234 g/mol. The van der Waals surface area contributed by atoms with Gasteiger partial charge in [-0.2, -0.15) is 0 Å². The van der Waals surface area contributed by atoms with E-state index in [9.17, 15) is 8.42 Å². The number of hydrogen-bond donors (Lipinski definition) is 1. The molecule has 0 spiro atoms. The standard InChI is InChI=1S/C13H27NO2S/c1-11(2)17(15,16)10-9-14-13-6-4-5-12(3)7-8-13/h11-14H,4-10H2,1-3H3. The average Bonchev–Trinajstić information content (AvgIpc) is 2.43. The van der Waals surface area contributed by atoms with Gasteiger partial charge in [0, 0.05) is 12.6 Å². The fraction of sp³-hybridized carbons (Fsp3) is 1.00. The molecule has 2 unspecified atom stereocenters. The Balaban J connectivity index is 2.27. The van der Waals surface area contributed by atoms with Gasteiger partial charge in [0.15, 0.2) is 9.84 Å². The minimum absolute atomic E-state index is 0.251. The van der Waals surface area contributed by atoms with Crippen LogP contribution >= 0.6 is 0 Å². The van der Waals surface area contributed by atoms with E-state index in [1.165, 1.54) is 32.1 Å². The summed E-state index contributed by atoms with van der Waals surface area (Å²) in [4.78, 5) is 0. The molecule has 0 bridgehead atoms. The summed E-state index contributed by atoms with van der Waals surface area (Å²) in [6.07, 6.45) is 6.27. The van der Waals surface area contributed by atoms with Crippen molar-refractivity contribution in [2.45, 2.75) is 64.2 Å². The molecule has 0 radical (unpaired) electrons. The van der Waals surface area contributed by atoms with E-state index in [1.807, 2.05) is 0 Å². The summed E-state index contributed by atoms with van der Waals surface area (Å²) < 4.78 is 23.3. The highest BCUT2D eigenvalue weighted by Gasteiger charge is 2.18. The van der Waals surface area contributed by atoms with E-state index in [4.69, 9.17) is 0 Å². The van der Waals surface area contributed by atoms with Gasteiger partial charge < -0.3 is 5.32 Å². The molecule has 2 atom stereocenters. The average molecular weight is 261 g/mol. The Kier molecular flexibility index (Phi) is 5.93. The van der Waals surface area contributed by atoms with Gasteiger partial charge >= 0.3 is 0 Å². The van der Waals surface area contributed by atoms with Crippen LogP contribution in [0.3, 0.4) is 0 Å². The smallest absolute Gasteiger partial charge is 0.153 e. The normalized spacial score (nSPS) is 27.1. The molecule has 1 N–H and O–H groups in total. The molecule has 0 saturated heterocycles. The van der Waals surface area contributed by atoms with Gasteiger partial charge in [-0.05, 0) is 39.0 Å². The maximum atomic E-state index is 11.7. The van der Waals surface area contributed by atoms with E-state index in [-0.39, 0.29) is 11.0 Å². The Morgan fingerprint density at radius 1 is 1.18 bits per heavy atom. The molecular formula is C13H27NO2S. The van der Waals surface area contributed by atoms with Crippen LogP contribution in [-0.2, 0) is 9.84 Å². The Hall–Kier alpha value is -0.0900. The maximum absolute atomic E-state index is 11.7. The topological polar surface area (TPSA) is 46.2 Å². The molecule has 0 amide bonds. The molecule has 0 aromatic heterocycles. The Morgan fingerprint density at radius 2 is 1.88 bits per heavy atom. The summed E-state index contributed by atoms with van der Waals surface area (Å²) >= 11 is 0. The van der Waals surface area contributed by atoms with E-state index in [0.717, 1.165) is 5.92 Å². The fourth-order valence-electron chi connectivity index (χ4n) is 2.33. The highest BCUT2D eigenvalue weighted by atomic mass is 32.2. The van der Waals surface area contributed by atoms with Gasteiger partial charge in [-0.3, -0.25) is 0 Å². The van der Waals surface area contributed by atoms with Crippen molar-refractivity contribution in [2.24, 2.45) is 5.92 Å². The van der Waals surface area contributed by atoms with Crippen LogP contribution in [0.15, 0.2) is 0 Å². The van der Waals surface area contributed by atoms with Gasteiger partial charge in [0.2, 0.25) is 0 Å². The van der Waals surface area contributed by atoms with Crippen LogP contribution in [0, 0.1) is 5.92 Å². The molecule has 0 aromatic carbocycles. The quantitative estimate of drug-likeness (QED) is 0.773. The largest absolute Gasteiger partial charge is 0.313 e. The second-order valence-electron chi connectivity index (χ2n) is 5.68. The molecule has 17 heavy (non-hydrogen) atoms. The molecule has 1 fully saturated rings. The minimum Gasteiger partial charge on any atom is -0.313 e. The van der Waals surface area contributed by atoms with Gasteiger partial charge in [-0.15, -0.1) is 0 Å². The maximum Gasteiger partial charge on any atom is 0.153 e. The van der Waals surface area contributed by atoms with Crippen molar-refractivity contribution in [3.8, 4) is 0 Å². The van der Waals surface area contributed by atoms with Crippen molar-refractivity contribution in [3.63, 3.8) is 0 Å². The van der Waals surface area contributed by atoms with Gasteiger partial charge in [0.1, 0.15) is 0 Å². The van der Waals surface area contributed by atoms with Gasteiger partial charge in [0.05, 0.1) is 11.0 Å². The van der Waals surface area contributed by atoms with Gasteiger partial charge in [-0.1, -0.05) is 19.8 Å². The summed E-state index contributed by atoms with van der Waals surface area (Å²) in [5, 5.41) is 3.16. The monoisotopic (exact) mass is 261 g/mol. The van der Waals surface area contributed by atoms with E-state index in [2.05, 4.69) is 12.2 Å². The van der Waals surface area contributed by atoms with Crippen LogP contribution in [0.2, 0.25) is 0 Å². The third kappa shape index (κ3) is 5.38. The predicted molar refractivity (Wildman–Crippen MR) is 73.0 cm³/mol. The van der Waals surface area contributed by atoms with Crippen molar-refractivity contribution < 1.29 is 8.42 Å². The molecule has 1 rings (SSSR count). The zero-order valence-corrected chi connectivity index (χ0v) is 12.2. The molecule has 1 aliphatic rings. The first-order valence-electron chi connectivity index (χ1n) is 6.86.